The fraction of sp³-hybridized carbons (Fsp3) is 0. The Labute approximate surface area is 104 Å². The monoisotopic (exact) mass is 329 g/mol. The first-order chi connectivity index (χ1) is 7.66. The first-order valence-corrected chi connectivity index (χ1v) is 5.58. The number of H-pyrrole nitrogens is 2. The summed E-state index contributed by atoms with van der Waals surface area (Å²) in [6.07, 6.45) is 1.34. The normalized spacial score (nSPS) is 10.1. The molecule has 0 unspecified atom stereocenters. The Morgan fingerprint density at radius 1 is 1.31 bits per heavy atom. The quantitative estimate of drug-likeness (QED) is 0.731. The van der Waals surface area contributed by atoms with E-state index in [9.17, 15) is 9.59 Å². The summed E-state index contributed by atoms with van der Waals surface area (Å²) in [4.78, 5) is 27.3. The van der Waals surface area contributed by atoms with Crippen molar-refractivity contribution < 1.29 is 4.79 Å². The van der Waals surface area contributed by atoms with Crippen LogP contribution in [0.4, 0.5) is 5.69 Å². The minimum atomic E-state index is -0.395. The van der Waals surface area contributed by atoms with Crippen LogP contribution in [0.2, 0.25) is 0 Å². The smallest absolute Gasteiger partial charge is 0.320 e. The van der Waals surface area contributed by atoms with Gasteiger partial charge in [0.25, 0.3) is 5.91 Å². The molecular weight excluding hydrogens is 321 g/mol. The van der Waals surface area contributed by atoms with Crippen LogP contribution in [0, 0.1) is 3.57 Å². The Hall–Kier alpha value is -1.57. The standard InChI is InChI=1S/C10H8IN3O2/c11-6-3-1-2-4-7(6)13-9(15)8-5-12-10(16)14-8/h1-5H,(H,13,15)(H2,12,14,16). The number of rotatable bonds is 2. The number of aromatic amines is 2. The van der Waals surface area contributed by atoms with Gasteiger partial charge in [-0.3, -0.25) is 4.79 Å². The zero-order chi connectivity index (χ0) is 11.5. The van der Waals surface area contributed by atoms with Crippen LogP contribution >= 0.6 is 22.6 Å². The van der Waals surface area contributed by atoms with Crippen molar-refractivity contribution in [3.63, 3.8) is 0 Å². The van der Waals surface area contributed by atoms with Gasteiger partial charge >= 0.3 is 5.69 Å². The average Bonchev–Trinajstić information content (AvgIpc) is 2.68. The lowest BCUT2D eigenvalue weighted by Crippen LogP contribution is -2.14. The lowest BCUT2D eigenvalue weighted by atomic mass is 10.3. The molecule has 0 saturated carbocycles. The first-order valence-electron chi connectivity index (χ1n) is 4.50. The number of anilines is 1. The Morgan fingerprint density at radius 3 is 2.69 bits per heavy atom. The van der Waals surface area contributed by atoms with E-state index in [0.29, 0.717) is 0 Å². The molecule has 2 aromatic rings. The highest BCUT2D eigenvalue weighted by atomic mass is 127. The molecule has 3 N–H and O–H groups in total. The molecule has 0 aliphatic rings. The Kier molecular flexibility index (Phi) is 3.09. The van der Waals surface area contributed by atoms with Gasteiger partial charge in [-0.1, -0.05) is 12.1 Å². The van der Waals surface area contributed by atoms with Crippen molar-refractivity contribution in [3.8, 4) is 0 Å². The maximum Gasteiger partial charge on any atom is 0.323 e. The van der Waals surface area contributed by atoms with Crippen molar-refractivity contribution in [1.29, 1.82) is 0 Å². The van der Waals surface area contributed by atoms with E-state index in [0.717, 1.165) is 9.26 Å². The third kappa shape index (κ3) is 2.32. The summed E-state index contributed by atoms with van der Waals surface area (Å²) in [7, 11) is 0. The highest BCUT2D eigenvalue weighted by Crippen LogP contribution is 2.17. The van der Waals surface area contributed by atoms with Gasteiger partial charge in [0.2, 0.25) is 0 Å². The second kappa shape index (κ2) is 4.52. The lowest BCUT2D eigenvalue weighted by molar-refractivity contribution is 0.102. The number of carbonyl (C=O) groups excluding carboxylic acids is 1. The fourth-order valence-corrected chi connectivity index (χ4v) is 1.73. The maximum absolute atomic E-state index is 11.7. The van der Waals surface area contributed by atoms with Gasteiger partial charge in [-0.15, -0.1) is 0 Å². The highest BCUT2D eigenvalue weighted by molar-refractivity contribution is 14.1. The van der Waals surface area contributed by atoms with Crippen LogP contribution in [0.3, 0.4) is 0 Å². The summed E-state index contributed by atoms with van der Waals surface area (Å²) < 4.78 is 0.936. The average molecular weight is 329 g/mol. The molecule has 0 bridgehead atoms. The van der Waals surface area contributed by atoms with E-state index in [-0.39, 0.29) is 11.6 Å². The van der Waals surface area contributed by atoms with Crippen LogP contribution in [0.5, 0.6) is 0 Å². The van der Waals surface area contributed by atoms with Gasteiger partial charge in [-0.05, 0) is 34.7 Å². The maximum atomic E-state index is 11.7. The highest BCUT2D eigenvalue weighted by Gasteiger charge is 2.09. The summed E-state index contributed by atoms with van der Waals surface area (Å²) in [6, 6.07) is 7.40. The molecule has 0 saturated heterocycles. The van der Waals surface area contributed by atoms with Crippen LogP contribution in [-0.4, -0.2) is 15.9 Å². The molecule has 5 nitrogen and oxygen atoms in total. The lowest BCUT2D eigenvalue weighted by Gasteiger charge is -2.04. The summed E-state index contributed by atoms with van der Waals surface area (Å²) in [5.41, 5.74) is 0.535. The molecule has 1 amide bonds. The predicted octanol–water partition coefficient (Wildman–Crippen LogP) is 1.56. The molecule has 1 heterocycles. The van der Waals surface area contributed by atoms with Gasteiger partial charge < -0.3 is 15.3 Å². The second-order valence-corrected chi connectivity index (χ2v) is 4.25. The van der Waals surface area contributed by atoms with Crippen molar-refractivity contribution in [2.45, 2.75) is 0 Å². The molecular formula is C10H8IN3O2. The van der Waals surface area contributed by atoms with Crippen molar-refractivity contribution in [2.24, 2.45) is 0 Å². The molecule has 82 valence electrons. The van der Waals surface area contributed by atoms with Crippen molar-refractivity contribution >= 4 is 34.2 Å². The van der Waals surface area contributed by atoms with E-state index in [1.165, 1.54) is 6.20 Å². The van der Waals surface area contributed by atoms with Gasteiger partial charge in [-0.2, -0.15) is 0 Å². The molecule has 0 radical (unpaired) electrons. The van der Waals surface area contributed by atoms with Crippen molar-refractivity contribution in [3.05, 3.63) is 50.2 Å². The van der Waals surface area contributed by atoms with Gasteiger partial charge in [0.05, 0.1) is 5.69 Å². The summed E-state index contributed by atoms with van der Waals surface area (Å²) >= 11 is 2.12. The minimum absolute atomic E-state index is 0.213. The molecule has 2 rings (SSSR count). The number of amides is 1. The zero-order valence-corrected chi connectivity index (χ0v) is 10.2. The van der Waals surface area contributed by atoms with E-state index < -0.39 is 5.69 Å². The number of nitrogens with one attached hydrogen (secondary N) is 3. The Bertz CT molecular complexity index is 573. The molecule has 0 fully saturated rings. The largest absolute Gasteiger partial charge is 0.323 e. The van der Waals surface area contributed by atoms with Gasteiger partial charge in [0.1, 0.15) is 5.69 Å². The minimum Gasteiger partial charge on any atom is -0.320 e. The second-order valence-electron chi connectivity index (χ2n) is 3.09. The van der Waals surface area contributed by atoms with E-state index in [2.05, 4.69) is 37.9 Å². The Balaban J connectivity index is 2.20. The number of imidazole rings is 1. The molecule has 16 heavy (non-hydrogen) atoms. The summed E-state index contributed by atoms with van der Waals surface area (Å²) in [5, 5.41) is 2.70. The topological polar surface area (TPSA) is 77.8 Å². The Morgan fingerprint density at radius 2 is 2.06 bits per heavy atom. The first kappa shape index (κ1) is 10.9. The van der Waals surface area contributed by atoms with Gasteiger partial charge in [0.15, 0.2) is 0 Å². The number of carbonyl (C=O) groups is 1. The van der Waals surface area contributed by atoms with Crippen LogP contribution in [0.25, 0.3) is 0 Å². The van der Waals surface area contributed by atoms with Crippen LogP contribution < -0.4 is 11.0 Å². The fourth-order valence-electron chi connectivity index (χ4n) is 1.21. The van der Waals surface area contributed by atoms with Crippen LogP contribution in [0.1, 0.15) is 10.5 Å². The van der Waals surface area contributed by atoms with Crippen molar-refractivity contribution in [1.82, 2.24) is 9.97 Å². The summed E-state index contributed by atoms with van der Waals surface area (Å²) in [6.45, 7) is 0. The third-order valence-corrected chi connectivity index (χ3v) is 2.90. The zero-order valence-electron chi connectivity index (χ0n) is 8.08. The van der Waals surface area contributed by atoms with Gasteiger partial charge in [0, 0.05) is 9.77 Å². The predicted molar refractivity (Wildman–Crippen MR) is 68.5 cm³/mol. The number of benzene rings is 1. The number of hydrogen-bond acceptors (Lipinski definition) is 2. The molecule has 0 aliphatic carbocycles. The molecule has 0 aliphatic heterocycles. The molecule has 1 aromatic carbocycles. The number of halogens is 1. The number of para-hydroxylation sites is 1. The van der Waals surface area contributed by atoms with E-state index >= 15 is 0 Å². The third-order valence-electron chi connectivity index (χ3n) is 1.96. The van der Waals surface area contributed by atoms with E-state index in [1.807, 2.05) is 18.2 Å². The van der Waals surface area contributed by atoms with Crippen LogP contribution in [0.15, 0.2) is 35.3 Å². The number of aromatic nitrogens is 2. The molecule has 0 atom stereocenters. The van der Waals surface area contributed by atoms with E-state index in [1.54, 1.807) is 6.07 Å². The molecule has 0 spiro atoms. The van der Waals surface area contributed by atoms with Gasteiger partial charge in [-0.25, -0.2) is 4.79 Å². The summed E-state index contributed by atoms with van der Waals surface area (Å²) in [5.74, 6) is -0.345. The van der Waals surface area contributed by atoms with Crippen molar-refractivity contribution in [2.75, 3.05) is 5.32 Å². The molecule has 1 aromatic heterocycles. The SMILES string of the molecule is O=C(Nc1ccccc1I)c1c[nH]c(=O)[nH]1. The molecule has 6 heteroatoms. The number of hydrogen-bond donors (Lipinski definition) is 3. The van der Waals surface area contributed by atoms with Crippen LogP contribution in [-0.2, 0) is 0 Å². The van der Waals surface area contributed by atoms with E-state index in [4.69, 9.17) is 0 Å².